The largest absolute Gasteiger partial charge is 0.508 e. The standard InChI is InChI=1S/C13H12N2O.C6H6O/c1-16-13-9-7-12(8-10-13)15-14-11-5-3-2-4-6-11;7-6-4-2-1-3-5-6/h2-10H,1H3;1-5,7H. The molecule has 0 atom stereocenters. The molecular weight excluding hydrogens is 288 g/mol. The quantitative estimate of drug-likeness (QED) is 0.649. The monoisotopic (exact) mass is 306 g/mol. The smallest absolute Gasteiger partial charge is 0.119 e. The Morgan fingerprint density at radius 3 is 1.57 bits per heavy atom. The maximum absolute atomic E-state index is 8.63. The fourth-order valence-corrected chi connectivity index (χ4v) is 1.69. The van der Waals surface area contributed by atoms with Crippen molar-refractivity contribution in [1.29, 1.82) is 0 Å². The molecule has 0 amide bonds. The summed E-state index contributed by atoms with van der Waals surface area (Å²) in [4.78, 5) is 0. The molecule has 4 heteroatoms. The lowest BCUT2D eigenvalue weighted by Gasteiger charge is -1.98. The molecule has 3 aromatic carbocycles. The van der Waals surface area contributed by atoms with Crippen LogP contribution in [-0.4, -0.2) is 12.2 Å². The van der Waals surface area contributed by atoms with Gasteiger partial charge in [0.05, 0.1) is 18.5 Å². The summed E-state index contributed by atoms with van der Waals surface area (Å²) < 4.78 is 5.06. The van der Waals surface area contributed by atoms with Gasteiger partial charge in [-0.2, -0.15) is 10.2 Å². The van der Waals surface area contributed by atoms with Gasteiger partial charge < -0.3 is 9.84 Å². The molecule has 23 heavy (non-hydrogen) atoms. The van der Waals surface area contributed by atoms with E-state index in [0.29, 0.717) is 5.75 Å². The minimum atomic E-state index is 0.322. The van der Waals surface area contributed by atoms with Crippen molar-refractivity contribution in [3.63, 3.8) is 0 Å². The molecule has 3 aromatic rings. The second-order valence-corrected chi connectivity index (χ2v) is 4.57. The van der Waals surface area contributed by atoms with Gasteiger partial charge >= 0.3 is 0 Å². The van der Waals surface area contributed by atoms with Gasteiger partial charge in [-0.3, -0.25) is 0 Å². The van der Waals surface area contributed by atoms with Crippen LogP contribution >= 0.6 is 0 Å². The lowest BCUT2D eigenvalue weighted by molar-refractivity contribution is 0.415. The number of rotatable bonds is 3. The van der Waals surface area contributed by atoms with Crippen molar-refractivity contribution in [2.45, 2.75) is 0 Å². The zero-order valence-corrected chi connectivity index (χ0v) is 12.8. The van der Waals surface area contributed by atoms with Crippen molar-refractivity contribution in [2.75, 3.05) is 7.11 Å². The van der Waals surface area contributed by atoms with Crippen LogP contribution in [0, 0.1) is 0 Å². The Hall–Kier alpha value is -3.14. The normalized spacial score (nSPS) is 9.96. The topological polar surface area (TPSA) is 54.2 Å². The molecule has 4 nitrogen and oxygen atoms in total. The second-order valence-electron chi connectivity index (χ2n) is 4.57. The minimum Gasteiger partial charge on any atom is -0.508 e. The number of benzene rings is 3. The third kappa shape index (κ3) is 6.01. The minimum absolute atomic E-state index is 0.322. The predicted octanol–water partition coefficient (Wildman–Crippen LogP) is 5.50. The summed E-state index contributed by atoms with van der Waals surface area (Å²) in [6.07, 6.45) is 0. The summed E-state index contributed by atoms with van der Waals surface area (Å²) in [7, 11) is 1.64. The summed E-state index contributed by atoms with van der Waals surface area (Å²) in [6.45, 7) is 0. The van der Waals surface area contributed by atoms with Crippen LogP contribution in [0.25, 0.3) is 0 Å². The number of phenolic OH excluding ortho intramolecular Hbond substituents is 1. The van der Waals surface area contributed by atoms with E-state index in [0.717, 1.165) is 17.1 Å². The van der Waals surface area contributed by atoms with Gasteiger partial charge in [-0.05, 0) is 48.5 Å². The van der Waals surface area contributed by atoms with Crippen molar-refractivity contribution in [3.8, 4) is 11.5 Å². The number of hydrogen-bond acceptors (Lipinski definition) is 4. The van der Waals surface area contributed by atoms with Crippen molar-refractivity contribution in [1.82, 2.24) is 0 Å². The van der Waals surface area contributed by atoms with E-state index in [1.165, 1.54) is 0 Å². The highest BCUT2D eigenvalue weighted by molar-refractivity contribution is 5.42. The number of phenols is 1. The predicted molar refractivity (Wildman–Crippen MR) is 91.7 cm³/mol. The van der Waals surface area contributed by atoms with Gasteiger partial charge in [0.2, 0.25) is 0 Å². The average molecular weight is 306 g/mol. The van der Waals surface area contributed by atoms with Crippen LogP contribution in [0.3, 0.4) is 0 Å². The molecular formula is C19H18N2O2. The van der Waals surface area contributed by atoms with Crippen LogP contribution in [-0.2, 0) is 0 Å². The van der Waals surface area contributed by atoms with Gasteiger partial charge in [0, 0.05) is 0 Å². The number of para-hydroxylation sites is 1. The van der Waals surface area contributed by atoms with E-state index in [4.69, 9.17) is 9.84 Å². The Morgan fingerprint density at radius 2 is 1.13 bits per heavy atom. The number of azo groups is 1. The van der Waals surface area contributed by atoms with E-state index in [-0.39, 0.29) is 0 Å². The molecule has 0 aliphatic carbocycles. The SMILES string of the molecule is COc1ccc(N=Nc2ccccc2)cc1.Oc1ccccc1. The second kappa shape index (κ2) is 9.00. The molecule has 0 fully saturated rings. The number of nitrogens with zero attached hydrogens (tertiary/aromatic N) is 2. The van der Waals surface area contributed by atoms with E-state index in [2.05, 4.69) is 10.2 Å². The molecule has 0 aliphatic rings. The van der Waals surface area contributed by atoms with Crippen molar-refractivity contribution < 1.29 is 9.84 Å². The molecule has 0 saturated carbocycles. The van der Waals surface area contributed by atoms with Gasteiger partial charge in [0.1, 0.15) is 11.5 Å². The van der Waals surface area contributed by atoms with Crippen molar-refractivity contribution in [3.05, 3.63) is 84.9 Å². The van der Waals surface area contributed by atoms with Gasteiger partial charge in [-0.25, -0.2) is 0 Å². The van der Waals surface area contributed by atoms with Gasteiger partial charge in [-0.1, -0.05) is 36.4 Å². The summed E-state index contributed by atoms with van der Waals surface area (Å²) >= 11 is 0. The van der Waals surface area contributed by atoms with Crippen LogP contribution in [0.4, 0.5) is 11.4 Å². The average Bonchev–Trinajstić information content (AvgIpc) is 2.62. The summed E-state index contributed by atoms with van der Waals surface area (Å²) in [5, 5.41) is 16.9. The molecule has 116 valence electrons. The zero-order valence-electron chi connectivity index (χ0n) is 12.8. The summed E-state index contributed by atoms with van der Waals surface area (Å²) in [5.74, 6) is 1.14. The van der Waals surface area contributed by atoms with Crippen LogP contribution in [0.5, 0.6) is 11.5 Å². The number of aromatic hydroxyl groups is 1. The highest BCUT2D eigenvalue weighted by atomic mass is 16.5. The third-order valence-electron chi connectivity index (χ3n) is 2.87. The number of hydrogen-bond donors (Lipinski definition) is 1. The third-order valence-corrected chi connectivity index (χ3v) is 2.87. The van der Waals surface area contributed by atoms with Gasteiger partial charge in [-0.15, -0.1) is 0 Å². The molecule has 0 bridgehead atoms. The molecule has 0 saturated heterocycles. The number of methoxy groups -OCH3 is 1. The maximum Gasteiger partial charge on any atom is 0.119 e. The van der Waals surface area contributed by atoms with Crippen LogP contribution < -0.4 is 4.74 Å². The van der Waals surface area contributed by atoms with Crippen LogP contribution in [0.15, 0.2) is 95.2 Å². The first kappa shape index (κ1) is 16.2. The van der Waals surface area contributed by atoms with Crippen molar-refractivity contribution >= 4 is 11.4 Å². The molecule has 0 radical (unpaired) electrons. The molecule has 0 aliphatic heterocycles. The highest BCUT2D eigenvalue weighted by Crippen LogP contribution is 2.20. The molecule has 0 spiro atoms. The zero-order chi connectivity index (χ0) is 16.3. The summed E-state index contributed by atoms with van der Waals surface area (Å²) in [5.41, 5.74) is 1.66. The molecule has 0 aromatic heterocycles. The van der Waals surface area contributed by atoms with Gasteiger partial charge in [0.25, 0.3) is 0 Å². The van der Waals surface area contributed by atoms with Gasteiger partial charge in [0.15, 0.2) is 0 Å². The van der Waals surface area contributed by atoms with E-state index in [1.807, 2.05) is 60.7 Å². The lowest BCUT2D eigenvalue weighted by atomic mass is 10.3. The fraction of sp³-hybridized carbons (Fsp3) is 0.0526. The Morgan fingerprint density at radius 1 is 0.652 bits per heavy atom. The van der Waals surface area contributed by atoms with E-state index < -0.39 is 0 Å². The van der Waals surface area contributed by atoms with Crippen molar-refractivity contribution in [2.24, 2.45) is 10.2 Å². The fourth-order valence-electron chi connectivity index (χ4n) is 1.69. The molecule has 0 unspecified atom stereocenters. The Kier molecular flexibility index (Phi) is 6.35. The molecule has 3 rings (SSSR count). The first-order valence-electron chi connectivity index (χ1n) is 7.13. The Balaban J connectivity index is 0.000000229. The molecule has 0 heterocycles. The first-order chi connectivity index (χ1) is 11.3. The lowest BCUT2D eigenvalue weighted by Crippen LogP contribution is -1.79. The first-order valence-corrected chi connectivity index (χ1v) is 7.13. The van der Waals surface area contributed by atoms with E-state index in [9.17, 15) is 0 Å². The summed E-state index contributed by atoms with van der Waals surface area (Å²) in [6, 6.07) is 25.8. The molecule has 1 N–H and O–H groups in total. The van der Waals surface area contributed by atoms with Crippen LogP contribution in [0.2, 0.25) is 0 Å². The van der Waals surface area contributed by atoms with E-state index >= 15 is 0 Å². The Bertz CT molecular complexity index is 711. The highest BCUT2D eigenvalue weighted by Gasteiger charge is 1.91. The maximum atomic E-state index is 8.63. The number of ether oxygens (including phenoxy) is 1. The van der Waals surface area contributed by atoms with E-state index in [1.54, 1.807) is 31.4 Å². The van der Waals surface area contributed by atoms with Crippen LogP contribution in [0.1, 0.15) is 0 Å². The Labute approximate surface area is 135 Å².